The Morgan fingerprint density at radius 1 is 1.07 bits per heavy atom. The summed E-state index contributed by atoms with van der Waals surface area (Å²) in [5.41, 5.74) is 4.43. The van der Waals surface area contributed by atoms with Crippen molar-refractivity contribution in [3.63, 3.8) is 0 Å². The third-order valence-electron chi connectivity index (χ3n) is 6.51. The van der Waals surface area contributed by atoms with Gasteiger partial charge in [0, 0.05) is 29.7 Å². The highest BCUT2D eigenvalue weighted by Crippen LogP contribution is 2.32. The van der Waals surface area contributed by atoms with Gasteiger partial charge in [-0.3, -0.25) is 0 Å². The SMILES string of the molecule is CC(C)c1ccccc1N1CCCSC1=NC(=O)N/C=C/c1ccc(-c2ncn(-c3ccc(OC(F)(F)F)cc3)n2)cc1. The summed E-state index contributed by atoms with van der Waals surface area (Å²) in [5, 5.41) is 7.83. The first kappa shape index (κ1) is 29.9. The van der Waals surface area contributed by atoms with Crippen molar-refractivity contribution in [3.05, 3.63) is 96.5 Å². The number of hydrogen-bond acceptors (Lipinski definition) is 5. The Kier molecular flexibility index (Phi) is 9.15. The van der Waals surface area contributed by atoms with Crippen LogP contribution in [0.25, 0.3) is 23.2 Å². The van der Waals surface area contributed by atoms with Crippen molar-refractivity contribution < 1.29 is 22.7 Å². The van der Waals surface area contributed by atoms with E-state index in [0.29, 0.717) is 22.6 Å². The van der Waals surface area contributed by atoms with Gasteiger partial charge in [-0.15, -0.1) is 18.3 Å². The molecule has 12 heteroatoms. The number of halogens is 3. The molecular formula is C31H29F3N6O2S. The zero-order valence-electron chi connectivity index (χ0n) is 23.5. The fourth-order valence-corrected chi connectivity index (χ4v) is 5.44. The van der Waals surface area contributed by atoms with Crippen molar-refractivity contribution in [2.45, 2.75) is 32.5 Å². The Balaban J connectivity index is 1.20. The minimum Gasteiger partial charge on any atom is -0.406 e. The van der Waals surface area contributed by atoms with Gasteiger partial charge in [-0.05, 0) is 59.9 Å². The fraction of sp³-hybridized carbons (Fsp3) is 0.226. The van der Waals surface area contributed by atoms with Gasteiger partial charge in [0.25, 0.3) is 0 Å². The molecule has 4 aromatic rings. The number of urea groups is 1. The number of para-hydroxylation sites is 1. The molecule has 1 saturated heterocycles. The van der Waals surface area contributed by atoms with Gasteiger partial charge in [-0.2, -0.15) is 4.99 Å². The topological polar surface area (TPSA) is 84.6 Å². The first-order valence-corrected chi connectivity index (χ1v) is 14.6. The van der Waals surface area contributed by atoms with E-state index in [9.17, 15) is 18.0 Å². The molecule has 1 aliphatic rings. The second kappa shape index (κ2) is 13.2. The number of thioether (sulfide) groups is 1. The molecule has 0 unspecified atom stereocenters. The van der Waals surface area contributed by atoms with Crippen LogP contribution in [-0.4, -0.2) is 44.6 Å². The molecule has 3 aromatic carbocycles. The van der Waals surface area contributed by atoms with E-state index >= 15 is 0 Å². The predicted molar refractivity (Wildman–Crippen MR) is 163 cm³/mol. The zero-order valence-corrected chi connectivity index (χ0v) is 24.3. The Morgan fingerprint density at radius 2 is 1.81 bits per heavy atom. The molecule has 222 valence electrons. The highest BCUT2D eigenvalue weighted by molar-refractivity contribution is 8.14. The molecule has 0 spiro atoms. The summed E-state index contributed by atoms with van der Waals surface area (Å²) in [6, 6.07) is 20.5. The highest BCUT2D eigenvalue weighted by atomic mass is 32.2. The minimum absolute atomic E-state index is 0.314. The number of carbonyl (C=O) groups is 1. The summed E-state index contributed by atoms with van der Waals surface area (Å²) in [7, 11) is 0. The normalized spacial score (nSPS) is 14.9. The maximum Gasteiger partial charge on any atom is 0.573 e. The summed E-state index contributed by atoms with van der Waals surface area (Å²) in [5.74, 6) is 1.39. The van der Waals surface area contributed by atoms with E-state index < -0.39 is 12.4 Å². The maximum absolute atomic E-state index is 12.7. The summed E-state index contributed by atoms with van der Waals surface area (Å²) < 4.78 is 42.5. The van der Waals surface area contributed by atoms with E-state index in [2.05, 4.69) is 56.0 Å². The fourth-order valence-electron chi connectivity index (χ4n) is 4.49. The van der Waals surface area contributed by atoms with Gasteiger partial charge in [0.1, 0.15) is 12.1 Å². The van der Waals surface area contributed by atoms with Crippen molar-refractivity contribution in [1.29, 1.82) is 0 Å². The van der Waals surface area contributed by atoms with Crippen LogP contribution >= 0.6 is 11.8 Å². The predicted octanol–water partition coefficient (Wildman–Crippen LogP) is 7.64. The number of hydrogen-bond donors (Lipinski definition) is 1. The molecule has 5 rings (SSSR count). The van der Waals surface area contributed by atoms with Crippen LogP contribution in [0, 0.1) is 0 Å². The largest absolute Gasteiger partial charge is 0.573 e. The summed E-state index contributed by atoms with van der Waals surface area (Å²) >= 11 is 1.58. The molecule has 0 saturated carbocycles. The number of amidine groups is 1. The molecule has 8 nitrogen and oxygen atoms in total. The number of aliphatic imine (C=N–C) groups is 1. The lowest BCUT2D eigenvalue weighted by Crippen LogP contribution is -2.36. The average molecular weight is 607 g/mol. The van der Waals surface area contributed by atoms with Gasteiger partial charge < -0.3 is 15.0 Å². The first-order chi connectivity index (χ1) is 20.7. The van der Waals surface area contributed by atoms with Crippen LogP contribution in [0.15, 0.2) is 90.3 Å². The molecule has 1 aliphatic heterocycles. The van der Waals surface area contributed by atoms with Crippen molar-refractivity contribution in [1.82, 2.24) is 20.1 Å². The number of aromatic nitrogens is 3. The van der Waals surface area contributed by atoms with Crippen LogP contribution < -0.4 is 15.0 Å². The van der Waals surface area contributed by atoms with E-state index in [4.69, 9.17) is 0 Å². The van der Waals surface area contributed by atoms with E-state index in [1.807, 2.05) is 36.4 Å². The quantitative estimate of drug-likeness (QED) is 0.233. The van der Waals surface area contributed by atoms with E-state index in [1.54, 1.807) is 24.0 Å². The molecule has 0 radical (unpaired) electrons. The van der Waals surface area contributed by atoms with Gasteiger partial charge >= 0.3 is 12.4 Å². The maximum atomic E-state index is 12.7. The van der Waals surface area contributed by atoms with Crippen molar-refractivity contribution in [3.8, 4) is 22.8 Å². The van der Waals surface area contributed by atoms with Gasteiger partial charge in [-0.25, -0.2) is 14.5 Å². The molecule has 2 amide bonds. The molecule has 43 heavy (non-hydrogen) atoms. The number of nitrogens with one attached hydrogen (secondary N) is 1. The Morgan fingerprint density at radius 3 is 2.53 bits per heavy atom. The number of carbonyl (C=O) groups excluding carboxylic acids is 1. The van der Waals surface area contributed by atoms with Crippen LogP contribution in [0.4, 0.5) is 23.7 Å². The second-order valence-electron chi connectivity index (χ2n) is 9.92. The van der Waals surface area contributed by atoms with Crippen LogP contribution in [0.3, 0.4) is 0 Å². The lowest BCUT2D eigenvalue weighted by molar-refractivity contribution is -0.274. The number of amides is 2. The average Bonchev–Trinajstić information content (AvgIpc) is 3.48. The van der Waals surface area contributed by atoms with E-state index in [-0.39, 0.29) is 5.75 Å². The summed E-state index contributed by atoms with van der Waals surface area (Å²) in [6.07, 6.45) is 1.06. The van der Waals surface area contributed by atoms with Crippen LogP contribution in [0.5, 0.6) is 5.75 Å². The Hall–Kier alpha value is -4.58. The van der Waals surface area contributed by atoms with Crippen LogP contribution in [0.2, 0.25) is 0 Å². The number of ether oxygens (including phenoxy) is 1. The number of benzene rings is 3. The molecule has 1 fully saturated rings. The minimum atomic E-state index is -4.75. The van der Waals surface area contributed by atoms with Gasteiger partial charge in [0.2, 0.25) is 0 Å². The summed E-state index contributed by atoms with van der Waals surface area (Å²) in [4.78, 5) is 23.5. The smallest absolute Gasteiger partial charge is 0.406 e. The summed E-state index contributed by atoms with van der Waals surface area (Å²) in [6.45, 7) is 5.12. The molecule has 0 aliphatic carbocycles. The molecule has 0 bridgehead atoms. The highest BCUT2D eigenvalue weighted by Gasteiger charge is 2.31. The molecular weight excluding hydrogens is 577 g/mol. The third kappa shape index (κ3) is 7.83. The first-order valence-electron chi connectivity index (χ1n) is 13.6. The number of anilines is 1. The Bertz CT molecular complexity index is 1620. The third-order valence-corrected chi connectivity index (χ3v) is 7.58. The van der Waals surface area contributed by atoms with Gasteiger partial charge in [0.15, 0.2) is 11.0 Å². The van der Waals surface area contributed by atoms with Gasteiger partial charge in [0.05, 0.1) is 5.69 Å². The molecule has 1 aromatic heterocycles. The number of rotatable bonds is 7. The molecule has 1 N–H and O–H groups in total. The van der Waals surface area contributed by atoms with Crippen molar-refractivity contribution in [2.24, 2.45) is 4.99 Å². The van der Waals surface area contributed by atoms with Gasteiger partial charge in [-0.1, -0.05) is 68.1 Å². The van der Waals surface area contributed by atoms with Crippen LogP contribution in [-0.2, 0) is 0 Å². The number of nitrogens with zero attached hydrogens (tertiary/aromatic N) is 5. The standard InChI is InChI=1S/C31H29F3N6O2S/c1-21(2)26-6-3-4-7-27(26)39-18-5-19-43-30(39)37-29(41)35-17-16-22-8-10-23(11-9-22)28-36-20-40(38-28)24-12-14-25(15-13-24)42-31(32,33)34/h3-4,6-17,20-21H,5,18-19H2,1-2H3,(H,35,41)/b17-16+,37-30?. The number of alkyl halides is 3. The van der Waals surface area contributed by atoms with E-state index in [0.717, 1.165) is 35.5 Å². The lowest BCUT2D eigenvalue weighted by atomic mass is 10.0. The second-order valence-corrected chi connectivity index (χ2v) is 11.0. The lowest BCUT2D eigenvalue weighted by Gasteiger charge is -2.31. The molecule has 2 heterocycles. The van der Waals surface area contributed by atoms with E-state index in [1.165, 1.54) is 40.8 Å². The zero-order chi connectivity index (χ0) is 30.4. The molecule has 0 atom stereocenters. The van der Waals surface area contributed by atoms with Crippen molar-refractivity contribution in [2.75, 3.05) is 17.2 Å². The van der Waals surface area contributed by atoms with Crippen molar-refractivity contribution >= 4 is 34.7 Å². The van der Waals surface area contributed by atoms with Crippen LogP contribution in [0.1, 0.15) is 37.3 Å². The monoisotopic (exact) mass is 606 g/mol. The Labute approximate surface area is 251 Å².